The molecule has 1 aliphatic heterocycles. The summed E-state index contributed by atoms with van der Waals surface area (Å²) < 4.78 is 5.28. The molecule has 1 aromatic heterocycles. The van der Waals surface area contributed by atoms with Gasteiger partial charge in [0.05, 0.1) is 12.8 Å². The van der Waals surface area contributed by atoms with Crippen LogP contribution in [0, 0.1) is 0 Å². The Labute approximate surface area is 140 Å². The zero-order chi connectivity index (χ0) is 16.4. The first-order valence-corrected chi connectivity index (χ1v) is 7.60. The van der Waals surface area contributed by atoms with Crippen molar-refractivity contribution >= 4 is 35.0 Å². The molecule has 6 heteroatoms. The van der Waals surface area contributed by atoms with Crippen molar-refractivity contribution in [3.63, 3.8) is 0 Å². The molecule has 5 nitrogen and oxygen atoms in total. The highest BCUT2D eigenvalue weighted by Gasteiger charge is 2.31. The molecule has 0 radical (unpaired) electrons. The Kier molecular flexibility index (Phi) is 4.16. The third kappa shape index (κ3) is 3.27. The Balaban J connectivity index is 1.78. The number of rotatable bonds is 4. The normalized spacial score (nSPS) is 16.1. The summed E-state index contributed by atoms with van der Waals surface area (Å²) in [4.78, 5) is 16.0. The van der Waals surface area contributed by atoms with E-state index in [4.69, 9.17) is 16.6 Å². The molecule has 3 rings (SSSR count). The van der Waals surface area contributed by atoms with E-state index in [0.717, 1.165) is 11.3 Å². The van der Waals surface area contributed by atoms with Gasteiger partial charge >= 0.3 is 0 Å². The van der Waals surface area contributed by atoms with Crippen LogP contribution in [0.5, 0.6) is 0 Å². The molecule has 118 valence electrons. The van der Waals surface area contributed by atoms with Crippen LogP contribution in [0.3, 0.4) is 0 Å². The highest BCUT2D eigenvalue weighted by Crippen LogP contribution is 2.19. The lowest BCUT2D eigenvalue weighted by Gasteiger charge is -2.12. The van der Waals surface area contributed by atoms with Crippen LogP contribution in [-0.2, 0) is 11.3 Å². The highest BCUT2D eigenvalue weighted by atomic mass is 32.1. The number of anilines is 1. The van der Waals surface area contributed by atoms with Crippen LogP contribution in [-0.4, -0.2) is 30.0 Å². The third-order valence-electron chi connectivity index (χ3n) is 3.58. The molecule has 2 heterocycles. The van der Waals surface area contributed by atoms with Crippen molar-refractivity contribution < 1.29 is 9.21 Å². The van der Waals surface area contributed by atoms with Crippen LogP contribution >= 0.6 is 12.2 Å². The summed E-state index contributed by atoms with van der Waals surface area (Å²) in [5, 5.41) is 3.36. The van der Waals surface area contributed by atoms with Gasteiger partial charge < -0.3 is 14.6 Å². The maximum Gasteiger partial charge on any atom is 0.276 e. The van der Waals surface area contributed by atoms with Gasteiger partial charge in [-0.2, -0.15) is 0 Å². The van der Waals surface area contributed by atoms with Gasteiger partial charge in [-0.1, -0.05) is 12.1 Å². The van der Waals surface area contributed by atoms with Crippen LogP contribution in [0.15, 0.2) is 52.8 Å². The van der Waals surface area contributed by atoms with Gasteiger partial charge in [0, 0.05) is 19.8 Å². The minimum Gasteiger partial charge on any atom is -0.467 e. The quantitative estimate of drug-likeness (QED) is 0.691. The Bertz CT molecular complexity index is 749. The summed E-state index contributed by atoms with van der Waals surface area (Å²) in [5.74, 6) is 0.544. The number of thiocarbonyl (C=S) groups is 1. The van der Waals surface area contributed by atoms with Crippen molar-refractivity contribution in [1.29, 1.82) is 0 Å². The van der Waals surface area contributed by atoms with E-state index in [1.54, 1.807) is 18.4 Å². The number of nitrogens with one attached hydrogen (secondary N) is 1. The summed E-state index contributed by atoms with van der Waals surface area (Å²) in [6.45, 7) is 0.328. The molecule has 1 fully saturated rings. The maximum absolute atomic E-state index is 12.5. The highest BCUT2D eigenvalue weighted by molar-refractivity contribution is 7.80. The molecule has 0 saturated carbocycles. The zero-order valence-corrected chi connectivity index (χ0v) is 13.8. The summed E-state index contributed by atoms with van der Waals surface area (Å²) in [7, 11) is 3.97. The van der Waals surface area contributed by atoms with Gasteiger partial charge in [-0.25, -0.2) is 0 Å². The van der Waals surface area contributed by atoms with Crippen molar-refractivity contribution in [2.24, 2.45) is 0 Å². The third-order valence-corrected chi connectivity index (χ3v) is 3.90. The lowest BCUT2D eigenvalue weighted by Crippen LogP contribution is -2.29. The first-order chi connectivity index (χ1) is 11.0. The molecule has 0 bridgehead atoms. The van der Waals surface area contributed by atoms with Gasteiger partial charge in [-0.15, -0.1) is 0 Å². The second-order valence-electron chi connectivity index (χ2n) is 5.44. The Morgan fingerprint density at radius 1 is 1.26 bits per heavy atom. The molecule has 1 aliphatic rings. The largest absolute Gasteiger partial charge is 0.467 e. The molecule has 1 amide bonds. The number of carbonyl (C=O) groups excluding carboxylic acids is 1. The fourth-order valence-electron chi connectivity index (χ4n) is 2.31. The lowest BCUT2D eigenvalue weighted by atomic mass is 10.1. The molecule has 0 spiro atoms. The van der Waals surface area contributed by atoms with Crippen LogP contribution in [0.2, 0.25) is 0 Å². The van der Waals surface area contributed by atoms with E-state index in [9.17, 15) is 4.79 Å². The second kappa shape index (κ2) is 6.26. The topological polar surface area (TPSA) is 48.7 Å². The van der Waals surface area contributed by atoms with Crippen molar-refractivity contribution in [2.45, 2.75) is 6.54 Å². The van der Waals surface area contributed by atoms with Crippen molar-refractivity contribution in [1.82, 2.24) is 10.2 Å². The Morgan fingerprint density at radius 3 is 2.61 bits per heavy atom. The first-order valence-electron chi connectivity index (χ1n) is 7.19. The summed E-state index contributed by atoms with van der Waals surface area (Å²) in [5.41, 5.74) is 2.51. The second-order valence-corrected chi connectivity index (χ2v) is 5.83. The van der Waals surface area contributed by atoms with E-state index in [1.165, 1.54) is 4.90 Å². The molecule has 23 heavy (non-hydrogen) atoms. The molecule has 1 N–H and O–H groups in total. The number of hydrogen-bond donors (Lipinski definition) is 1. The number of benzene rings is 1. The molecular weight excluding hydrogens is 310 g/mol. The van der Waals surface area contributed by atoms with Crippen LogP contribution < -0.4 is 10.2 Å². The van der Waals surface area contributed by atoms with Crippen LogP contribution in [0.1, 0.15) is 11.3 Å². The van der Waals surface area contributed by atoms with Gasteiger partial charge in [0.2, 0.25) is 0 Å². The van der Waals surface area contributed by atoms with E-state index in [0.29, 0.717) is 23.1 Å². The van der Waals surface area contributed by atoms with Gasteiger partial charge in [-0.3, -0.25) is 9.69 Å². The Hall–Kier alpha value is -2.60. The van der Waals surface area contributed by atoms with Crippen molar-refractivity contribution in [3.8, 4) is 0 Å². The smallest absolute Gasteiger partial charge is 0.276 e. The molecule has 1 saturated heterocycles. The average molecular weight is 327 g/mol. The van der Waals surface area contributed by atoms with E-state index >= 15 is 0 Å². The van der Waals surface area contributed by atoms with Crippen LogP contribution in [0.25, 0.3) is 6.08 Å². The van der Waals surface area contributed by atoms with Crippen molar-refractivity contribution in [3.05, 3.63) is 59.7 Å². The SMILES string of the molecule is CN(C)c1ccc(/C=C2/NC(=S)N(Cc3ccco3)C2=O)cc1. The van der Waals surface area contributed by atoms with E-state index < -0.39 is 0 Å². The number of carbonyl (C=O) groups is 1. The fourth-order valence-corrected chi connectivity index (χ4v) is 2.57. The standard InChI is InChI=1S/C17H17N3O2S/c1-19(2)13-7-5-12(6-8-13)10-15-16(21)20(17(23)18-15)11-14-4-3-9-22-14/h3-10H,11H2,1-2H3,(H,18,23)/b15-10+. The molecule has 2 aromatic rings. The van der Waals surface area contributed by atoms with Gasteiger partial charge in [-0.05, 0) is 48.1 Å². The summed E-state index contributed by atoms with van der Waals surface area (Å²) >= 11 is 5.24. The molecule has 0 unspecified atom stereocenters. The predicted molar refractivity (Wildman–Crippen MR) is 93.7 cm³/mol. The number of amides is 1. The fraction of sp³-hybridized carbons (Fsp3) is 0.176. The van der Waals surface area contributed by atoms with Gasteiger partial charge in [0.15, 0.2) is 5.11 Å². The maximum atomic E-state index is 12.5. The lowest BCUT2D eigenvalue weighted by molar-refractivity contribution is -0.122. The average Bonchev–Trinajstić information content (AvgIpc) is 3.12. The number of nitrogens with zero attached hydrogens (tertiary/aromatic N) is 2. The van der Waals surface area contributed by atoms with Crippen LogP contribution in [0.4, 0.5) is 5.69 Å². The summed E-state index contributed by atoms with van der Waals surface area (Å²) in [6, 6.07) is 11.5. The number of furan rings is 1. The minimum absolute atomic E-state index is 0.150. The predicted octanol–water partition coefficient (Wildman–Crippen LogP) is 2.60. The molecular formula is C17H17N3O2S. The van der Waals surface area contributed by atoms with E-state index in [-0.39, 0.29) is 5.91 Å². The summed E-state index contributed by atoms with van der Waals surface area (Å²) in [6.07, 6.45) is 3.38. The molecule has 0 atom stereocenters. The first kappa shape index (κ1) is 15.3. The van der Waals surface area contributed by atoms with E-state index in [2.05, 4.69) is 5.32 Å². The monoisotopic (exact) mass is 327 g/mol. The molecule has 1 aromatic carbocycles. The minimum atomic E-state index is -0.150. The van der Waals surface area contributed by atoms with Gasteiger partial charge in [0.25, 0.3) is 5.91 Å². The van der Waals surface area contributed by atoms with Crippen molar-refractivity contribution in [2.75, 3.05) is 19.0 Å². The Morgan fingerprint density at radius 2 is 2.00 bits per heavy atom. The van der Waals surface area contributed by atoms with Gasteiger partial charge in [0.1, 0.15) is 11.5 Å². The zero-order valence-electron chi connectivity index (χ0n) is 12.9. The van der Waals surface area contributed by atoms with E-state index in [1.807, 2.05) is 49.3 Å². The molecule has 0 aliphatic carbocycles. The number of hydrogen-bond acceptors (Lipinski definition) is 4.